The number of nitrogens with one attached hydrogen (secondary N) is 1. The molecule has 1 N–H and O–H groups in total. The lowest BCUT2D eigenvalue weighted by molar-refractivity contribution is -0.155. The summed E-state index contributed by atoms with van der Waals surface area (Å²) in [5.74, 6) is 0.892. The molecule has 0 bridgehead atoms. The summed E-state index contributed by atoms with van der Waals surface area (Å²) < 4.78 is 55.3. The van der Waals surface area contributed by atoms with Crippen LogP contribution in [0.15, 0.2) is 47.5 Å². The van der Waals surface area contributed by atoms with Crippen molar-refractivity contribution in [3.63, 3.8) is 0 Å². The van der Waals surface area contributed by atoms with Crippen LogP contribution >= 0.6 is 0 Å². The Balaban J connectivity index is 1.32. The van der Waals surface area contributed by atoms with Gasteiger partial charge in [0.15, 0.2) is 0 Å². The lowest BCUT2D eigenvalue weighted by atomic mass is 9.82. The monoisotopic (exact) mass is 462 g/mol. The van der Waals surface area contributed by atoms with Gasteiger partial charge in [-0.3, -0.25) is 4.79 Å². The molecule has 0 spiro atoms. The van der Waals surface area contributed by atoms with Gasteiger partial charge in [0.2, 0.25) is 0 Å². The number of hydrogen-bond acceptors (Lipinski definition) is 6. The summed E-state index contributed by atoms with van der Waals surface area (Å²) in [7, 11) is 1.38. The molecule has 1 unspecified atom stereocenters. The van der Waals surface area contributed by atoms with Crippen LogP contribution in [0.3, 0.4) is 0 Å². The predicted molar refractivity (Wildman–Crippen MR) is 116 cm³/mol. The number of nitrogens with zero attached hydrogens (tertiary/aromatic N) is 1. The van der Waals surface area contributed by atoms with Crippen molar-refractivity contribution in [1.29, 1.82) is 0 Å². The lowest BCUT2D eigenvalue weighted by Gasteiger charge is -2.32. The fourth-order valence-electron chi connectivity index (χ4n) is 3.91. The van der Waals surface area contributed by atoms with Gasteiger partial charge < -0.3 is 19.5 Å². The standard InChI is InChI=1S/C24H25F3N2O4/c1-14-20-8-5-17(24(25,26)27)13-21(20)29-22(28-14)15-3-6-18(7-4-15)32-9-10-33-19-11-16(12-19)23(30)31-2/h3-8,13-14,16,19H,9-12H2,1-2H3,(H,28,29). The van der Waals surface area contributed by atoms with Crippen molar-refractivity contribution in [2.75, 3.05) is 20.3 Å². The van der Waals surface area contributed by atoms with E-state index in [2.05, 4.69) is 10.3 Å². The first kappa shape index (κ1) is 23.1. The van der Waals surface area contributed by atoms with Gasteiger partial charge in [-0.15, -0.1) is 0 Å². The second-order valence-electron chi connectivity index (χ2n) is 8.15. The molecule has 2 aromatic rings. The fourth-order valence-corrected chi connectivity index (χ4v) is 3.91. The van der Waals surface area contributed by atoms with Crippen LogP contribution in [0.2, 0.25) is 0 Å². The van der Waals surface area contributed by atoms with E-state index >= 15 is 0 Å². The molecule has 33 heavy (non-hydrogen) atoms. The van der Waals surface area contributed by atoms with Crippen molar-refractivity contribution < 1.29 is 32.2 Å². The average Bonchev–Trinajstić information content (AvgIpc) is 2.76. The summed E-state index contributed by atoms with van der Waals surface area (Å²) in [4.78, 5) is 15.8. The van der Waals surface area contributed by atoms with E-state index in [9.17, 15) is 18.0 Å². The zero-order chi connectivity index (χ0) is 23.6. The molecule has 1 aliphatic carbocycles. The van der Waals surface area contributed by atoms with Gasteiger partial charge in [0.1, 0.15) is 18.2 Å². The van der Waals surface area contributed by atoms with Crippen LogP contribution in [-0.4, -0.2) is 38.2 Å². The van der Waals surface area contributed by atoms with Crippen LogP contribution in [0.1, 0.15) is 42.5 Å². The van der Waals surface area contributed by atoms with Crippen molar-refractivity contribution in [3.05, 3.63) is 59.2 Å². The number of rotatable bonds is 7. The minimum absolute atomic E-state index is 0.0539. The highest BCUT2D eigenvalue weighted by Crippen LogP contribution is 2.37. The molecule has 176 valence electrons. The first-order valence-electron chi connectivity index (χ1n) is 10.7. The summed E-state index contributed by atoms with van der Waals surface area (Å²) in [6.45, 7) is 2.65. The van der Waals surface area contributed by atoms with Crippen molar-refractivity contribution in [2.45, 2.75) is 38.1 Å². The topological polar surface area (TPSA) is 69.2 Å². The number of methoxy groups -OCH3 is 1. The minimum atomic E-state index is -4.41. The third-order valence-electron chi connectivity index (χ3n) is 5.87. The van der Waals surface area contributed by atoms with Gasteiger partial charge in [-0.2, -0.15) is 13.2 Å². The van der Waals surface area contributed by atoms with Gasteiger partial charge in [-0.1, -0.05) is 6.07 Å². The van der Waals surface area contributed by atoms with Crippen LogP contribution in [0, 0.1) is 5.92 Å². The fraction of sp³-hybridized carbons (Fsp3) is 0.417. The van der Waals surface area contributed by atoms with E-state index in [-0.39, 0.29) is 24.0 Å². The van der Waals surface area contributed by atoms with Crippen molar-refractivity contribution >= 4 is 17.5 Å². The second-order valence-corrected chi connectivity index (χ2v) is 8.15. The summed E-state index contributed by atoms with van der Waals surface area (Å²) in [5.41, 5.74) is 1.06. The van der Waals surface area contributed by atoms with E-state index in [4.69, 9.17) is 14.2 Å². The first-order valence-corrected chi connectivity index (χ1v) is 10.7. The summed E-state index contributed by atoms with van der Waals surface area (Å²) in [6.07, 6.45) is -3.02. The number of alkyl halides is 3. The van der Waals surface area contributed by atoms with Gasteiger partial charge in [-0.05, 0) is 61.7 Å². The van der Waals surface area contributed by atoms with Gasteiger partial charge in [0, 0.05) is 5.56 Å². The van der Waals surface area contributed by atoms with Crippen molar-refractivity contribution in [3.8, 4) is 5.75 Å². The molecule has 6 nitrogen and oxygen atoms in total. The number of carbonyl (C=O) groups excluding carboxylic acids is 1. The number of esters is 1. The number of fused-ring (bicyclic) bond motifs is 1. The molecule has 1 heterocycles. The molecule has 2 aromatic carbocycles. The number of aliphatic imine (C=N–C) groups is 1. The van der Waals surface area contributed by atoms with Crippen LogP contribution in [0.25, 0.3) is 0 Å². The van der Waals surface area contributed by atoms with E-state index in [1.54, 1.807) is 24.3 Å². The van der Waals surface area contributed by atoms with Gasteiger partial charge >= 0.3 is 12.1 Å². The molecule has 2 aliphatic rings. The Labute approximate surface area is 189 Å². The Bertz CT molecular complexity index is 1030. The predicted octanol–water partition coefficient (Wildman–Crippen LogP) is 4.79. The second kappa shape index (κ2) is 9.43. The van der Waals surface area contributed by atoms with E-state index < -0.39 is 11.7 Å². The largest absolute Gasteiger partial charge is 0.491 e. The maximum absolute atomic E-state index is 13.1. The molecular formula is C24H25F3N2O4. The molecule has 1 fully saturated rings. The quantitative estimate of drug-likeness (QED) is 0.473. The van der Waals surface area contributed by atoms with E-state index in [1.807, 2.05) is 6.92 Å². The highest BCUT2D eigenvalue weighted by atomic mass is 19.4. The number of ether oxygens (including phenoxy) is 3. The number of hydrogen-bond donors (Lipinski definition) is 1. The van der Waals surface area contributed by atoms with E-state index in [0.29, 0.717) is 43.3 Å². The smallest absolute Gasteiger partial charge is 0.416 e. The molecule has 0 amide bonds. The van der Waals surface area contributed by atoms with Gasteiger partial charge in [-0.25, -0.2) is 4.99 Å². The maximum Gasteiger partial charge on any atom is 0.416 e. The number of carbonyl (C=O) groups is 1. The lowest BCUT2D eigenvalue weighted by Crippen LogP contribution is -2.37. The molecule has 1 saturated carbocycles. The Kier molecular flexibility index (Phi) is 6.60. The van der Waals surface area contributed by atoms with Crippen LogP contribution < -0.4 is 10.1 Å². The zero-order valence-corrected chi connectivity index (χ0v) is 18.3. The Morgan fingerprint density at radius 3 is 2.52 bits per heavy atom. The number of amidine groups is 1. The normalized spacial score (nSPS) is 21.8. The molecular weight excluding hydrogens is 437 g/mol. The maximum atomic E-state index is 13.1. The highest BCUT2D eigenvalue weighted by Gasteiger charge is 2.36. The van der Waals surface area contributed by atoms with Gasteiger partial charge in [0.05, 0.1) is 43.0 Å². The van der Waals surface area contributed by atoms with Gasteiger partial charge in [0.25, 0.3) is 0 Å². The summed E-state index contributed by atoms with van der Waals surface area (Å²) in [6, 6.07) is 10.6. The van der Waals surface area contributed by atoms with Crippen molar-refractivity contribution in [2.24, 2.45) is 10.9 Å². The number of halogens is 3. The molecule has 4 rings (SSSR count). The molecule has 0 saturated heterocycles. The summed E-state index contributed by atoms with van der Waals surface area (Å²) in [5, 5.41) is 3.23. The van der Waals surface area contributed by atoms with E-state index in [0.717, 1.165) is 23.3 Å². The third kappa shape index (κ3) is 5.30. The molecule has 1 aliphatic heterocycles. The Morgan fingerprint density at radius 1 is 1.12 bits per heavy atom. The Hall–Kier alpha value is -3.07. The van der Waals surface area contributed by atoms with Crippen molar-refractivity contribution in [1.82, 2.24) is 5.32 Å². The van der Waals surface area contributed by atoms with Crippen LogP contribution in [0.5, 0.6) is 5.75 Å². The molecule has 0 aromatic heterocycles. The average molecular weight is 462 g/mol. The SMILES string of the molecule is COC(=O)C1CC(OCCOc2ccc(C3=Nc4cc(C(F)(F)F)ccc4C(C)N3)cc2)C1. The summed E-state index contributed by atoms with van der Waals surface area (Å²) >= 11 is 0. The highest BCUT2D eigenvalue weighted by molar-refractivity contribution is 6.02. The van der Waals surface area contributed by atoms with Crippen LogP contribution in [-0.2, 0) is 20.4 Å². The zero-order valence-electron chi connectivity index (χ0n) is 18.3. The molecule has 0 radical (unpaired) electrons. The van der Waals surface area contributed by atoms with E-state index in [1.165, 1.54) is 13.2 Å². The molecule has 9 heteroatoms. The minimum Gasteiger partial charge on any atom is -0.491 e. The molecule has 1 atom stereocenters. The first-order chi connectivity index (χ1) is 15.7. The van der Waals surface area contributed by atoms with Crippen LogP contribution in [0.4, 0.5) is 18.9 Å². The number of benzene rings is 2. The Morgan fingerprint density at radius 2 is 1.85 bits per heavy atom. The third-order valence-corrected chi connectivity index (χ3v) is 5.87.